The number of hydrogen-bond donors (Lipinski definition) is 1. The number of amides is 1. The molecule has 2 N–H and O–H groups in total. The van der Waals surface area contributed by atoms with Gasteiger partial charge in [0.25, 0.3) is 0 Å². The molecule has 2 aliphatic rings. The molecule has 84 valence electrons. The van der Waals surface area contributed by atoms with E-state index in [0.717, 1.165) is 45.2 Å². The molecule has 3 heteroatoms. The zero-order chi connectivity index (χ0) is 10.7. The molecule has 0 radical (unpaired) electrons. The van der Waals surface area contributed by atoms with Crippen molar-refractivity contribution in [2.45, 2.75) is 38.1 Å². The van der Waals surface area contributed by atoms with Gasteiger partial charge in [-0.25, -0.2) is 0 Å². The number of nitrogens with zero attached hydrogens (tertiary/aromatic N) is 1. The van der Waals surface area contributed by atoms with Crippen LogP contribution in [0.25, 0.3) is 0 Å². The number of nitrogens with two attached hydrogens (primary N) is 1. The van der Waals surface area contributed by atoms with Gasteiger partial charge in [0.05, 0.1) is 0 Å². The Morgan fingerprint density at radius 3 is 2.87 bits per heavy atom. The van der Waals surface area contributed by atoms with Crippen molar-refractivity contribution in [3.05, 3.63) is 12.2 Å². The molecule has 0 aromatic heterocycles. The van der Waals surface area contributed by atoms with Gasteiger partial charge in [-0.05, 0) is 32.1 Å². The SMILES string of the molecule is N[C@H]1CCCN(C(=O)[C@H]2CC=CCC2)C1. The summed E-state index contributed by atoms with van der Waals surface area (Å²) in [4.78, 5) is 14.1. The zero-order valence-electron chi connectivity index (χ0n) is 9.19. The lowest BCUT2D eigenvalue weighted by atomic mass is 9.92. The molecule has 0 bridgehead atoms. The Hall–Kier alpha value is -0.830. The lowest BCUT2D eigenvalue weighted by molar-refractivity contribution is -0.137. The highest BCUT2D eigenvalue weighted by Gasteiger charge is 2.27. The van der Waals surface area contributed by atoms with Gasteiger partial charge in [0.2, 0.25) is 5.91 Å². The monoisotopic (exact) mass is 208 g/mol. The van der Waals surface area contributed by atoms with Crippen LogP contribution in [0.3, 0.4) is 0 Å². The lowest BCUT2D eigenvalue weighted by Crippen LogP contribution is -2.47. The first kappa shape index (κ1) is 10.7. The van der Waals surface area contributed by atoms with Gasteiger partial charge in [-0.2, -0.15) is 0 Å². The third kappa shape index (κ3) is 2.59. The van der Waals surface area contributed by atoms with E-state index in [1.807, 2.05) is 4.90 Å². The molecule has 1 amide bonds. The van der Waals surface area contributed by atoms with Crippen molar-refractivity contribution in [2.75, 3.05) is 13.1 Å². The average molecular weight is 208 g/mol. The first-order valence-electron chi connectivity index (χ1n) is 5.97. The summed E-state index contributed by atoms with van der Waals surface area (Å²) < 4.78 is 0. The molecule has 1 fully saturated rings. The number of rotatable bonds is 1. The van der Waals surface area contributed by atoms with Crippen LogP contribution < -0.4 is 5.73 Å². The second-order valence-corrected chi connectivity index (χ2v) is 4.67. The van der Waals surface area contributed by atoms with Crippen molar-refractivity contribution in [3.8, 4) is 0 Å². The Balaban J connectivity index is 1.91. The van der Waals surface area contributed by atoms with Gasteiger partial charge in [-0.15, -0.1) is 0 Å². The van der Waals surface area contributed by atoms with Crippen LogP contribution in [0, 0.1) is 5.92 Å². The molecular formula is C12H20N2O. The second kappa shape index (κ2) is 4.79. The molecule has 3 nitrogen and oxygen atoms in total. The number of hydrogen-bond acceptors (Lipinski definition) is 2. The van der Waals surface area contributed by atoms with Crippen molar-refractivity contribution in [2.24, 2.45) is 11.7 Å². The Morgan fingerprint density at radius 2 is 2.20 bits per heavy atom. The van der Waals surface area contributed by atoms with E-state index >= 15 is 0 Å². The van der Waals surface area contributed by atoms with Crippen molar-refractivity contribution in [1.82, 2.24) is 4.90 Å². The second-order valence-electron chi connectivity index (χ2n) is 4.67. The predicted octanol–water partition coefficient (Wildman–Crippen LogP) is 1.29. The molecular weight excluding hydrogens is 188 g/mol. The van der Waals surface area contributed by atoms with E-state index in [1.165, 1.54) is 0 Å². The lowest BCUT2D eigenvalue weighted by Gasteiger charge is -2.33. The van der Waals surface area contributed by atoms with Crippen molar-refractivity contribution in [3.63, 3.8) is 0 Å². The zero-order valence-corrected chi connectivity index (χ0v) is 9.19. The minimum Gasteiger partial charge on any atom is -0.341 e. The topological polar surface area (TPSA) is 46.3 Å². The molecule has 0 spiro atoms. The van der Waals surface area contributed by atoms with Gasteiger partial charge in [0.1, 0.15) is 0 Å². The fourth-order valence-corrected chi connectivity index (χ4v) is 2.49. The molecule has 0 aromatic rings. The highest BCUT2D eigenvalue weighted by Crippen LogP contribution is 2.22. The summed E-state index contributed by atoms with van der Waals surface area (Å²) in [7, 11) is 0. The van der Waals surface area contributed by atoms with Crippen molar-refractivity contribution in [1.29, 1.82) is 0 Å². The maximum Gasteiger partial charge on any atom is 0.226 e. The maximum atomic E-state index is 12.1. The fraction of sp³-hybridized carbons (Fsp3) is 0.750. The summed E-state index contributed by atoms with van der Waals surface area (Å²) in [6, 6.07) is 0.196. The van der Waals surface area contributed by atoms with Crippen LogP contribution in [0.4, 0.5) is 0 Å². The molecule has 1 aliphatic heterocycles. The molecule has 15 heavy (non-hydrogen) atoms. The standard InChI is InChI=1S/C12H20N2O/c13-11-7-4-8-14(9-11)12(15)10-5-2-1-3-6-10/h1-2,10-11H,3-9,13H2/t10-,11-/m0/s1. The van der Waals surface area contributed by atoms with Crippen LogP contribution in [0.1, 0.15) is 32.1 Å². The molecule has 0 unspecified atom stereocenters. The molecule has 2 atom stereocenters. The smallest absolute Gasteiger partial charge is 0.226 e. The summed E-state index contributed by atoms with van der Waals surface area (Å²) in [5.41, 5.74) is 5.88. The minimum absolute atomic E-state index is 0.196. The Kier molecular flexibility index (Phi) is 3.41. The van der Waals surface area contributed by atoms with E-state index in [9.17, 15) is 4.79 Å². The van der Waals surface area contributed by atoms with Crippen LogP contribution in [0.2, 0.25) is 0 Å². The van der Waals surface area contributed by atoms with Gasteiger partial charge >= 0.3 is 0 Å². The van der Waals surface area contributed by atoms with E-state index in [-0.39, 0.29) is 12.0 Å². The highest BCUT2D eigenvalue weighted by atomic mass is 16.2. The summed E-state index contributed by atoms with van der Waals surface area (Å²) in [5.74, 6) is 0.551. The molecule has 1 saturated heterocycles. The van der Waals surface area contributed by atoms with E-state index in [4.69, 9.17) is 5.73 Å². The third-order valence-corrected chi connectivity index (χ3v) is 3.39. The van der Waals surface area contributed by atoms with Crippen LogP contribution in [-0.4, -0.2) is 29.9 Å². The number of carbonyl (C=O) groups excluding carboxylic acids is 1. The number of carbonyl (C=O) groups is 1. The van der Waals surface area contributed by atoms with Crippen molar-refractivity contribution >= 4 is 5.91 Å². The molecule has 1 heterocycles. The molecule has 1 aliphatic carbocycles. The largest absolute Gasteiger partial charge is 0.341 e. The highest BCUT2D eigenvalue weighted by molar-refractivity contribution is 5.79. The fourth-order valence-electron chi connectivity index (χ4n) is 2.49. The molecule has 0 aromatic carbocycles. The number of allylic oxidation sites excluding steroid dienone is 2. The van der Waals surface area contributed by atoms with Crippen molar-refractivity contribution < 1.29 is 4.79 Å². The Morgan fingerprint density at radius 1 is 1.33 bits per heavy atom. The van der Waals surface area contributed by atoms with Gasteiger partial charge in [0.15, 0.2) is 0 Å². The predicted molar refractivity (Wildman–Crippen MR) is 60.3 cm³/mol. The Bertz CT molecular complexity index is 262. The van der Waals surface area contributed by atoms with Crippen LogP contribution >= 0.6 is 0 Å². The molecule has 2 rings (SSSR count). The number of piperidine rings is 1. The summed E-state index contributed by atoms with van der Waals surface area (Å²) in [5, 5.41) is 0. The van der Waals surface area contributed by atoms with E-state index in [1.54, 1.807) is 0 Å². The quantitative estimate of drug-likeness (QED) is 0.660. The maximum absolute atomic E-state index is 12.1. The van der Waals surface area contributed by atoms with Gasteiger partial charge in [-0.1, -0.05) is 12.2 Å². The third-order valence-electron chi connectivity index (χ3n) is 3.39. The molecule has 0 saturated carbocycles. The van der Waals surface area contributed by atoms with E-state index in [0.29, 0.717) is 5.91 Å². The summed E-state index contributed by atoms with van der Waals surface area (Å²) in [6.45, 7) is 1.67. The Labute approximate surface area is 91.3 Å². The van der Waals surface area contributed by atoms with E-state index < -0.39 is 0 Å². The summed E-state index contributed by atoms with van der Waals surface area (Å²) in [6.07, 6.45) is 9.42. The van der Waals surface area contributed by atoms with Gasteiger partial charge < -0.3 is 10.6 Å². The first-order valence-corrected chi connectivity index (χ1v) is 5.97. The number of likely N-dealkylation sites (tertiary alicyclic amines) is 1. The van der Waals surface area contributed by atoms with Crippen LogP contribution in [-0.2, 0) is 4.79 Å². The van der Waals surface area contributed by atoms with Crippen LogP contribution in [0.5, 0.6) is 0 Å². The van der Waals surface area contributed by atoms with Gasteiger partial charge in [-0.3, -0.25) is 4.79 Å². The van der Waals surface area contributed by atoms with E-state index in [2.05, 4.69) is 12.2 Å². The van der Waals surface area contributed by atoms with Crippen LogP contribution in [0.15, 0.2) is 12.2 Å². The van der Waals surface area contributed by atoms with Gasteiger partial charge in [0, 0.05) is 25.0 Å². The first-order chi connectivity index (χ1) is 7.27. The minimum atomic E-state index is 0.196. The average Bonchev–Trinajstić information content (AvgIpc) is 2.29. The summed E-state index contributed by atoms with van der Waals surface area (Å²) >= 11 is 0. The normalized spacial score (nSPS) is 31.7.